The minimum absolute atomic E-state index is 0.635. The molecule has 0 radical (unpaired) electrons. The molecule has 0 spiro atoms. The maximum absolute atomic E-state index is 6.24. The van der Waals surface area contributed by atoms with Crippen LogP contribution in [0.1, 0.15) is 38.2 Å². The molecule has 3 heteroatoms. The Labute approximate surface area is 115 Å². The molecular weight excluding hydrogens is 246 g/mol. The van der Waals surface area contributed by atoms with Crippen LogP contribution >= 0.6 is 11.6 Å². The summed E-state index contributed by atoms with van der Waals surface area (Å²) in [5.41, 5.74) is 1.07. The van der Waals surface area contributed by atoms with Crippen LogP contribution in [0.3, 0.4) is 0 Å². The van der Waals surface area contributed by atoms with Gasteiger partial charge in [-0.2, -0.15) is 0 Å². The Hall–Kier alpha value is -0.730. The van der Waals surface area contributed by atoms with Crippen LogP contribution in [-0.4, -0.2) is 13.2 Å². The normalized spacial score (nSPS) is 23.3. The van der Waals surface area contributed by atoms with E-state index in [1.54, 1.807) is 7.11 Å². The summed E-state index contributed by atoms with van der Waals surface area (Å²) in [6.45, 7) is 3.07. The van der Waals surface area contributed by atoms with E-state index < -0.39 is 0 Å². The van der Waals surface area contributed by atoms with E-state index in [9.17, 15) is 0 Å². The van der Waals surface area contributed by atoms with Gasteiger partial charge in [-0.05, 0) is 30.9 Å². The van der Waals surface area contributed by atoms with E-state index in [1.807, 2.05) is 18.2 Å². The molecule has 2 rings (SSSR count). The highest BCUT2D eigenvalue weighted by Gasteiger charge is 2.25. The molecule has 2 unspecified atom stereocenters. The van der Waals surface area contributed by atoms with Crippen molar-refractivity contribution in [3.8, 4) is 5.75 Å². The van der Waals surface area contributed by atoms with Crippen LogP contribution in [0.2, 0.25) is 5.02 Å². The third-order valence-electron chi connectivity index (χ3n) is 4.02. The number of rotatable bonds is 5. The molecule has 2 nitrogen and oxygen atoms in total. The first-order valence-electron chi connectivity index (χ1n) is 6.81. The average molecular weight is 268 g/mol. The molecule has 18 heavy (non-hydrogen) atoms. The lowest BCUT2D eigenvalue weighted by Gasteiger charge is -2.20. The predicted molar refractivity (Wildman–Crippen MR) is 76.3 cm³/mol. The number of benzene rings is 1. The number of methoxy groups -OCH3 is 1. The molecule has 0 saturated heterocycles. The van der Waals surface area contributed by atoms with E-state index in [0.717, 1.165) is 28.8 Å². The van der Waals surface area contributed by atoms with Crippen molar-refractivity contribution < 1.29 is 4.74 Å². The number of hydrogen-bond acceptors (Lipinski definition) is 2. The zero-order valence-corrected chi connectivity index (χ0v) is 12.0. The summed E-state index contributed by atoms with van der Waals surface area (Å²) >= 11 is 6.24. The fourth-order valence-corrected chi connectivity index (χ4v) is 3.16. The van der Waals surface area contributed by atoms with Crippen LogP contribution in [0.4, 0.5) is 0 Å². The molecule has 1 aliphatic carbocycles. The third kappa shape index (κ3) is 2.99. The fourth-order valence-electron chi connectivity index (χ4n) is 2.93. The molecule has 0 aromatic heterocycles. The minimum Gasteiger partial charge on any atom is -0.496 e. The zero-order valence-electron chi connectivity index (χ0n) is 11.2. The molecule has 0 heterocycles. The number of nitrogens with one attached hydrogen (secondary N) is 1. The summed E-state index contributed by atoms with van der Waals surface area (Å²) in [5.74, 6) is 1.69. The molecule has 100 valence electrons. The lowest BCUT2D eigenvalue weighted by Crippen LogP contribution is -2.31. The third-order valence-corrected chi connectivity index (χ3v) is 4.37. The quantitative estimate of drug-likeness (QED) is 0.870. The highest BCUT2D eigenvalue weighted by molar-refractivity contribution is 6.31. The van der Waals surface area contributed by atoms with Crippen LogP contribution in [-0.2, 0) is 6.54 Å². The van der Waals surface area contributed by atoms with Gasteiger partial charge in [0.2, 0.25) is 0 Å². The largest absolute Gasteiger partial charge is 0.496 e. The van der Waals surface area contributed by atoms with E-state index in [1.165, 1.54) is 25.7 Å². The van der Waals surface area contributed by atoms with Crippen molar-refractivity contribution in [2.75, 3.05) is 7.11 Å². The first-order chi connectivity index (χ1) is 8.76. The summed E-state index contributed by atoms with van der Waals surface area (Å²) < 4.78 is 5.37. The molecule has 1 N–H and O–H groups in total. The maximum Gasteiger partial charge on any atom is 0.124 e. The molecule has 0 aliphatic heterocycles. The number of ether oxygens (including phenoxy) is 1. The molecule has 1 aromatic rings. The Morgan fingerprint density at radius 2 is 2.22 bits per heavy atom. The molecular formula is C15H22ClNO. The van der Waals surface area contributed by atoms with Crippen molar-refractivity contribution in [2.45, 2.75) is 45.2 Å². The standard InChI is InChI=1S/C15H22ClNO/c1-3-11-6-4-8-14(11)17-10-12-13(16)7-5-9-15(12)18-2/h5,7,9,11,14,17H,3-4,6,8,10H2,1-2H3. The van der Waals surface area contributed by atoms with Gasteiger partial charge in [-0.1, -0.05) is 37.4 Å². The van der Waals surface area contributed by atoms with Gasteiger partial charge in [0.05, 0.1) is 7.11 Å². The van der Waals surface area contributed by atoms with E-state index in [4.69, 9.17) is 16.3 Å². The fraction of sp³-hybridized carbons (Fsp3) is 0.600. The van der Waals surface area contributed by atoms with Gasteiger partial charge in [0.15, 0.2) is 0 Å². The summed E-state index contributed by atoms with van der Waals surface area (Å²) in [4.78, 5) is 0. The second kappa shape index (κ2) is 6.44. The van der Waals surface area contributed by atoms with Crippen molar-refractivity contribution in [2.24, 2.45) is 5.92 Å². The number of hydrogen-bond donors (Lipinski definition) is 1. The smallest absolute Gasteiger partial charge is 0.124 e. The van der Waals surface area contributed by atoms with Crippen molar-refractivity contribution >= 4 is 11.6 Å². The predicted octanol–water partition coefficient (Wildman–Crippen LogP) is 4.02. The molecule has 1 aliphatic rings. The van der Waals surface area contributed by atoms with E-state index in [0.29, 0.717) is 6.04 Å². The van der Waals surface area contributed by atoms with Gasteiger partial charge in [-0.15, -0.1) is 0 Å². The van der Waals surface area contributed by atoms with Crippen molar-refractivity contribution in [1.29, 1.82) is 0 Å². The highest BCUT2D eigenvalue weighted by atomic mass is 35.5. The summed E-state index contributed by atoms with van der Waals surface area (Å²) in [6.07, 6.45) is 5.24. The highest BCUT2D eigenvalue weighted by Crippen LogP contribution is 2.30. The Morgan fingerprint density at radius 1 is 1.39 bits per heavy atom. The van der Waals surface area contributed by atoms with Gasteiger partial charge >= 0.3 is 0 Å². The minimum atomic E-state index is 0.635. The number of halogens is 1. The second-order valence-corrected chi connectivity index (χ2v) is 5.41. The van der Waals surface area contributed by atoms with Crippen molar-refractivity contribution in [1.82, 2.24) is 5.32 Å². The van der Waals surface area contributed by atoms with Gasteiger partial charge in [0.1, 0.15) is 5.75 Å². The SMILES string of the molecule is CCC1CCCC1NCc1c(Cl)cccc1OC. The molecule has 0 amide bonds. The molecule has 1 saturated carbocycles. The summed E-state index contributed by atoms with van der Waals surface area (Å²) in [6, 6.07) is 6.45. The monoisotopic (exact) mass is 267 g/mol. The van der Waals surface area contributed by atoms with Crippen LogP contribution in [0.25, 0.3) is 0 Å². The first kappa shape index (κ1) is 13.7. The van der Waals surface area contributed by atoms with Gasteiger partial charge in [-0.25, -0.2) is 0 Å². The maximum atomic E-state index is 6.24. The second-order valence-electron chi connectivity index (χ2n) is 5.01. The Balaban J connectivity index is 2.01. The van der Waals surface area contributed by atoms with E-state index in [-0.39, 0.29) is 0 Å². The molecule has 2 atom stereocenters. The first-order valence-corrected chi connectivity index (χ1v) is 7.18. The summed E-state index contributed by atoms with van der Waals surface area (Å²) in [7, 11) is 1.69. The van der Waals surface area contributed by atoms with Crippen molar-refractivity contribution in [3.63, 3.8) is 0 Å². The Morgan fingerprint density at radius 3 is 2.94 bits per heavy atom. The van der Waals surface area contributed by atoms with E-state index >= 15 is 0 Å². The molecule has 1 aromatic carbocycles. The van der Waals surface area contributed by atoms with Gasteiger partial charge in [-0.3, -0.25) is 0 Å². The molecule has 0 bridgehead atoms. The van der Waals surface area contributed by atoms with Crippen LogP contribution in [0, 0.1) is 5.92 Å². The zero-order chi connectivity index (χ0) is 13.0. The van der Waals surface area contributed by atoms with Crippen molar-refractivity contribution in [3.05, 3.63) is 28.8 Å². The van der Waals surface area contributed by atoms with Crippen LogP contribution in [0.15, 0.2) is 18.2 Å². The average Bonchev–Trinajstić information content (AvgIpc) is 2.84. The van der Waals surface area contributed by atoms with Crippen LogP contribution < -0.4 is 10.1 Å². The van der Waals surface area contributed by atoms with Gasteiger partial charge in [0, 0.05) is 23.2 Å². The lowest BCUT2D eigenvalue weighted by atomic mass is 10.0. The Kier molecular flexibility index (Phi) is 4.90. The topological polar surface area (TPSA) is 21.3 Å². The lowest BCUT2D eigenvalue weighted by molar-refractivity contribution is 0.378. The van der Waals surface area contributed by atoms with Gasteiger partial charge in [0.25, 0.3) is 0 Å². The van der Waals surface area contributed by atoms with Crippen LogP contribution in [0.5, 0.6) is 5.75 Å². The van der Waals surface area contributed by atoms with E-state index in [2.05, 4.69) is 12.2 Å². The summed E-state index contributed by atoms with van der Waals surface area (Å²) in [5, 5.41) is 4.44. The van der Waals surface area contributed by atoms with Gasteiger partial charge < -0.3 is 10.1 Å². The Bertz CT molecular complexity index is 394. The molecule has 1 fully saturated rings.